The first-order valence-electron chi connectivity index (χ1n) is 5.03. The van der Waals surface area contributed by atoms with E-state index < -0.39 is 10.0 Å². The van der Waals surface area contributed by atoms with Crippen molar-refractivity contribution in [2.45, 2.75) is 6.42 Å². The first-order valence-corrected chi connectivity index (χ1v) is 7.91. The zero-order valence-corrected chi connectivity index (χ0v) is 12.5. The summed E-state index contributed by atoms with van der Waals surface area (Å²) in [4.78, 5) is 11.7. The fourth-order valence-electron chi connectivity index (χ4n) is 1.26. The molecule has 100 valence electrons. The second-order valence-electron chi connectivity index (χ2n) is 3.63. The highest BCUT2D eigenvalue weighted by Crippen LogP contribution is 2.19. The number of primary sulfonamides is 1. The molecule has 1 amide bonds. The van der Waals surface area contributed by atoms with E-state index in [0.29, 0.717) is 15.1 Å². The van der Waals surface area contributed by atoms with Crippen molar-refractivity contribution in [3.05, 3.63) is 33.3 Å². The quantitative estimate of drug-likeness (QED) is 0.785. The van der Waals surface area contributed by atoms with Gasteiger partial charge in [0.25, 0.3) is 5.91 Å². The van der Waals surface area contributed by atoms with E-state index in [0.717, 1.165) is 0 Å². The maximum absolute atomic E-state index is 11.7. The number of benzene rings is 1. The molecule has 0 fully saturated rings. The Morgan fingerprint density at radius 3 is 2.61 bits per heavy atom. The highest BCUT2D eigenvalue weighted by molar-refractivity contribution is 9.10. The first kappa shape index (κ1) is 15.4. The maximum Gasteiger partial charge on any atom is 0.251 e. The summed E-state index contributed by atoms with van der Waals surface area (Å²) in [5.74, 6) is -0.473. The fraction of sp³-hybridized carbons (Fsp3) is 0.300. The van der Waals surface area contributed by atoms with Crippen LogP contribution in [0.2, 0.25) is 5.02 Å². The van der Waals surface area contributed by atoms with Crippen molar-refractivity contribution in [2.24, 2.45) is 5.14 Å². The zero-order valence-electron chi connectivity index (χ0n) is 9.32. The summed E-state index contributed by atoms with van der Waals surface area (Å²) in [7, 11) is -3.48. The van der Waals surface area contributed by atoms with E-state index in [2.05, 4.69) is 21.2 Å². The number of carbonyl (C=O) groups excluding carboxylic acids is 1. The SMILES string of the molecule is NS(=O)(=O)CCCNC(=O)c1cc(Cl)cc(Br)c1. The van der Waals surface area contributed by atoms with E-state index in [1.165, 1.54) is 6.07 Å². The molecule has 0 radical (unpaired) electrons. The lowest BCUT2D eigenvalue weighted by atomic mass is 10.2. The van der Waals surface area contributed by atoms with Crippen molar-refractivity contribution >= 4 is 43.5 Å². The fourth-order valence-corrected chi connectivity index (χ4v) is 2.67. The second-order valence-corrected chi connectivity index (χ2v) is 6.72. The average Bonchev–Trinajstić information content (AvgIpc) is 2.21. The molecule has 5 nitrogen and oxygen atoms in total. The Hall–Kier alpha value is -0.630. The Kier molecular flexibility index (Phi) is 5.58. The number of halogens is 2. The van der Waals surface area contributed by atoms with Gasteiger partial charge in [-0.05, 0) is 24.6 Å². The van der Waals surface area contributed by atoms with Gasteiger partial charge in [0.2, 0.25) is 10.0 Å². The molecular weight excluding hydrogens is 344 g/mol. The molecule has 1 rings (SSSR count). The summed E-state index contributed by atoms with van der Waals surface area (Å²) >= 11 is 9.04. The summed E-state index contributed by atoms with van der Waals surface area (Å²) in [5.41, 5.74) is 0.407. The van der Waals surface area contributed by atoms with Gasteiger partial charge in [0.1, 0.15) is 0 Å². The van der Waals surface area contributed by atoms with Crippen LogP contribution < -0.4 is 10.5 Å². The molecule has 0 saturated carbocycles. The minimum Gasteiger partial charge on any atom is -0.352 e. The van der Waals surface area contributed by atoms with Crippen LogP contribution in [0.5, 0.6) is 0 Å². The molecule has 0 heterocycles. The third-order valence-corrected chi connectivity index (χ3v) is 3.55. The Bertz CT molecular complexity index is 528. The molecule has 3 N–H and O–H groups in total. The molecular formula is C10H12BrClN2O3S. The van der Waals surface area contributed by atoms with E-state index >= 15 is 0 Å². The molecule has 0 aromatic heterocycles. The Morgan fingerprint density at radius 1 is 1.39 bits per heavy atom. The van der Waals surface area contributed by atoms with Gasteiger partial charge < -0.3 is 5.32 Å². The molecule has 0 atom stereocenters. The number of sulfonamides is 1. The number of hydrogen-bond donors (Lipinski definition) is 2. The predicted molar refractivity (Wildman–Crippen MR) is 74.1 cm³/mol. The van der Waals surface area contributed by atoms with E-state index in [1.807, 2.05) is 0 Å². The van der Waals surface area contributed by atoms with Crippen LogP contribution in [-0.2, 0) is 10.0 Å². The second kappa shape index (κ2) is 6.51. The van der Waals surface area contributed by atoms with Gasteiger partial charge in [-0.1, -0.05) is 27.5 Å². The molecule has 8 heteroatoms. The van der Waals surface area contributed by atoms with Crippen LogP contribution >= 0.6 is 27.5 Å². The summed E-state index contributed by atoms with van der Waals surface area (Å²) < 4.78 is 22.1. The van der Waals surface area contributed by atoms with Crippen molar-refractivity contribution in [2.75, 3.05) is 12.3 Å². The van der Waals surface area contributed by atoms with Crippen molar-refractivity contribution in [3.63, 3.8) is 0 Å². The van der Waals surface area contributed by atoms with Gasteiger partial charge in [0.05, 0.1) is 5.75 Å². The highest BCUT2D eigenvalue weighted by atomic mass is 79.9. The molecule has 0 unspecified atom stereocenters. The van der Waals surface area contributed by atoms with Gasteiger partial charge in [-0.3, -0.25) is 4.79 Å². The molecule has 1 aromatic rings. The maximum atomic E-state index is 11.7. The van der Waals surface area contributed by atoms with E-state index in [1.54, 1.807) is 12.1 Å². The van der Waals surface area contributed by atoms with Crippen molar-refractivity contribution < 1.29 is 13.2 Å². The van der Waals surface area contributed by atoms with Gasteiger partial charge in [0, 0.05) is 21.6 Å². The Morgan fingerprint density at radius 2 is 2.06 bits per heavy atom. The lowest BCUT2D eigenvalue weighted by molar-refractivity contribution is 0.0953. The highest BCUT2D eigenvalue weighted by Gasteiger charge is 2.08. The van der Waals surface area contributed by atoms with E-state index in [9.17, 15) is 13.2 Å². The van der Waals surface area contributed by atoms with Gasteiger partial charge in [-0.15, -0.1) is 0 Å². The minimum absolute atomic E-state index is 0.160. The smallest absolute Gasteiger partial charge is 0.251 e. The standard InChI is InChI=1S/C10H12BrClN2O3S/c11-8-4-7(5-9(12)6-8)10(15)14-2-1-3-18(13,16)17/h4-6H,1-3H2,(H,14,15)(H2,13,16,17). The molecule has 0 aliphatic heterocycles. The summed E-state index contributed by atoms with van der Waals surface area (Å²) in [6.45, 7) is 0.236. The molecule has 18 heavy (non-hydrogen) atoms. The molecule has 0 aliphatic carbocycles. The number of rotatable bonds is 5. The monoisotopic (exact) mass is 354 g/mol. The van der Waals surface area contributed by atoms with Crippen LogP contribution in [0.3, 0.4) is 0 Å². The normalized spacial score (nSPS) is 11.3. The van der Waals surface area contributed by atoms with E-state index in [4.69, 9.17) is 16.7 Å². The van der Waals surface area contributed by atoms with Gasteiger partial charge in [0.15, 0.2) is 0 Å². The van der Waals surface area contributed by atoms with E-state index in [-0.39, 0.29) is 24.6 Å². The lowest BCUT2D eigenvalue weighted by Gasteiger charge is -2.05. The van der Waals surface area contributed by atoms with Crippen LogP contribution in [0.15, 0.2) is 22.7 Å². The summed E-state index contributed by atoms with van der Waals surface area (Å²) in [5, 5.41) is 7.87. The topological polar surface area (TPSA) is 89.3 Å². The van der Waals surface area contributed by atoms with Crippen LogP contribution in [0.1, 0.15) is 16.8 Å². The lowest BCUT2D eigenvalue weighted by Crippen LogP contribution is -2.27. The van der Waals surface area contributed by atoms with Gasteiger partial charge >= 0.3 is 0 Å². The zero-order chi connectivity index (χ0) is 13.8. The third-order valence-electron chi connectivity index (χ3n) is 2.02. The minimum atomic E-state index is -3.48. The Labute approximate surface area is 119 Å². The number of nitrogens with two attached hydrogens (primary N) is 1. The van der Waals surface area contributed by atoms with Crippen molar-refractivity contribution in [3.8, 4) is 0 Å². The number of nitrogens with one attached hydrogen (secondary N) is 1. The van der Waals surface area contributed by atoms with Gasteiger partial charge in [-0.25, -0.2) is 13.6 Å². The first-order chi connectivity index (χ1) is 8.28. The number of carbonyl (C=O) groups is 1. The van der Waals surface area contributed by atoms with Crippen LogP contribution in [-0.4, -0.2) is 26.6 Å². The molecule has 0 spiro atoms. The summed E-state index contributed by atoms with van der Waals surface area (Å²) in [6.07, 6.45) is 0.270. The molecule has 0 bridgehead atoms. The largest absolute Gasteiger partial charge is 0.352 e. The van der Waals surface area contributed by atoms with Crippen molar-refractivity contribution in [1.29, 1.82) is 0 Å². The van der Waals surface area contributed by atoms with Crippen molar-refractivity contribution in [1.82, 2.24) is 5.32 Å². The molecule has 1 aromatic carbocycles. The van der Waals surface area contributed by atoms with Crippen LogP contribution in [0.4, 0.5) is 0 Å². The third kappa shape index (κ3) is 5.81. The van der Waals surface area contributed by atoms with Gasteiger partial charge in [-0.2, -0.15) is 0 Å². The molecule has 0 saturated heterocycles. The van der Waals surface area contributed by atoms with Crippen LogP contribution in [0.25, 0.3) is 0 Å². The molecule has 0 aliphatic rings. The summed E-state index contributed by atoms with van der Waals surface area (Å²) in [6, 6.07) is 4.82. The van der Waals surface area contributed by atoms with Crippen LogP contribution in [0, 0.1) is 0 Å². The average molecular weight is 356 g/mol. The number of hydrogen-bond acceptors (Lipinski definition) is 3. The predicted octanol–water partition coefficient (Wildman–Crippen LogP) is 1.51. The Balaban J connectivity index is 2.51. The number of amides is 1.